The standard InChI is InChI=1S/C15H21NO3S/c1-3-19-15-12-6-9-14(15)16(10-12)20(17,18)13-7-4-11(2)5-8-13/h4-5,7-8,12,14-15H,3,6,9-10H2,1-2H3/t12-,14+,15+/m0/s1. The molecule has 2 fully saturated rings. The number of aryl methyl sites for hydroxylation is 1. The summed E-state index contributed by atoms with van der Waals surface area (Å²) in [6.07, 6.45) is 2.08. The van der Waals surface area contributed by atoms with Crippen molar-refractivity contribution >= 4 is 10.0 Å². The lowest BCUT2D eigenvalue weighted by Gasteiger charge is -2.26. The van der Waals surface area contributed by atoms with Gasteiger partial charge in [-0.2, -0.15) is 4.31 Å². The predicted octanol–water partition coefficient (Wildman–Crippen LogP) is 2.18. The van der Waals surface area contributed by atoms with Crippen LogP contribution in [-0.2, 0) is 14.8 Å². The number of benzene rings is 1. The van der Waals surface area contributed by atoms with Crippen LogP contribution >= 0.6 is 0 Å². The van der Waals surface area contributed by atoms with E-state index in [9.17, 15) is 8.42 Å². The number of piperidine rings is 1. The van der Waals surface area contributed by atoms with Crippen molar-refractivity contribution in [3.63, 3.8) is 0 Å². The molecule has 0 amide bonds. The van der Waals surface area contributed by atoms with Gasteiger partial charge in [-0.15, -0.1) is 0 Å². The normalized spacial score (nSPS) is 30.0. The van der Waals surface area contributed by atoms with E-state index in [1.807, 2.05) is 26.0 Å². The Morgan fingerprint density at radius 1 is 1.25 bits per heavy atom. The third-order valence-corrected chi connectivity index (χ3v) is 6.35. The molecule has 1 aromatic carbocycles. The summed E-state index contributed by atoms with van der Waals surface area (Å²) in [5, 5.41) is 0. The zero-order valence-corrected chi connectivity index (χ0v) is 12.8. The molecular formula is C15H21NO3S. The van der Waals surface area contributed by atoms with Gasteiger partial charge in [-0.3, -0.25) is 0 Å². The molecule has 0 radical (unpaired) electrons. The average Bonchev–Trinajstić information content (AvgIpc) is 2.97. The van der Waals surface area contributed by atoms with Crippen LogP contribution < -0.4 is 0 Å². The summed E-state index contributed by atoms with van der Waals surface area (Å²) in [5.74, 6) is 0.361. The van der Waals surface area contributed by atoms with Crippen molar-refractivity contribution in [3.8, 4) is 0 Å². The Morgan fingerprint density at radius 3 is 2.60 bits per heavy atom. The van der Waals surface area contributed by atoms with Crippen molar-refractivity contribution in [2.24, 2.45) is 5.92 Å². The number of sulfonamides is 1. The van der Waals surface area contributed by atoms with E-state index in [1.54, 1.807) is 16.4 Å². The van der Waals surface area contributed by atoms with Crippen LogP contribution in [0.1, 0.15) is 25.3 Å². The fourth-order valence-electron chi connectivity index (χ4n) is 3.46. The molecule has 3 atom stereocenters. The first kappa shape index (κ1) is 14.0. The molecule has 1 aliphatic heterocycles. The third kappa shape index (κ3) is 2.18. The Morgan fingerprint density at radius 2 is 1.95 bits per heavy atom. The largest absolute Gasteiger partial charge is 0.376 e. The second-order valence-corrected chi connectivity index (χ2v) is 7.60. The van der Waals surface area contributed by atoms with Crippen LogP contribution in [0.15, 0.2) is 29.2 Å². The fraction of sp³-hybridized carbons (Fsp3) is 0.600. The van der Waals surface area contributed by atoms with Gasteiger partial charge in [-0.05, 0) is 38.8 Å². The highest BCUT2D eigenvalue weighted by atomic mass is 32.2. The zero-order valence-electron chi connectivity index (χ0n) is 12.0. The monoisotopic (exact) mass is 295 g/mol. The molecule has 2 bridgehead atoms. The quantitative estimate of drug-likeness (QED) is 0.855. The molecule has 1 aromatic rings. The molecule has 5 heteroatoms. The molecule has 0 unspecified atom stereocenters. The Balaban J connectivity index is 1.88. The SMILES string of the molecule is CCO[C@@H]1[C@H]2CC[C@H]1N(S(=O)(=O)c1ccc(C)cc1)C2. The first-order valence-corrected chi connectivity index (χ1v) is 8.68. The van der Waals surface area contributed by atoms with Crippen LogP contribution in [0.2, 0.25) is 0 Å². The van der Waals surface area contributed by atoms with E-state index < -0.39 is 10.0 Å². The summed E-state index contributed by atoms with van der Waals surface area (Å²) in [5.41, 5.74) is 1.07. The number of rotatable bonds is 4. The van der Waals surface area contributed by atoms with Gasteiger partial charge in [0.2, 0.25) is 10.0 Å². The van der Waals surface area contributed by atoms with Gasteiger partial charge < -0.3 is 4.74 Å². The summed E-state index contributed by atoms with van der Waals surface area (Å²) in [6, 6.07) is 7.12. The first-order valence-electron chi connectivity index (χ1n) is 7.24. The highest BCUT2D eigenvalue weighted by molar-refractivity contribution is 7.89. The molecule has 2 aliphatic rings. The van der Waals surface area contributed by atoms with Gasteiger partial charge in [0.15, 0.2) is 0 Å². The molecule has 0 aromatic heterocycles. The minimum Gasteiger partial charge on any atom is -0.376 e. The van der Waals surface area contributed by atoms with E-state index in [4.69, 9.17) is 4.74 Å². The van der Waals surface area contributed by atoms with Gasteiger partial charge >= 0.3 is 0 Å². The summed E-state index contributed by atoms with van der Waals surface area (Å²) in [4.78, 5) is 0.394. The third-order valence-electron chi connectivity index (χ3n) is 4.45. The van der Waals surface area contributed by atoms with Gasteiger partial charge in [0.05, 0.1) is 17.0 Å². The summed E-state index contributed by atoms with van der Waals surface area (Å²) in [6.45, 7) is 5.18. The number of fused-ring (bicyclic) bond motifs is 2. The van der Waals surface area contributed by atoms with Crippen molar-refractivity contribution in [3.05, 3.63) is 29.8 Å². The van der Waals surface area contributed by atoms with Crippen LogP contribution in [0.4, 0.5) is 0 Å². The molecule has 110 valence electrons. The topological polar surface area (TPSA) is 46.6 Å². The van der Waals surface area contributed by atoms with Crippen molar-refractivity contribution in [2.45, 2.75) is 43.7 Å². The Kier molecular flexibility index (Phi) is 3.60. The number of ether oxygens (including phenoxy) is 1. The van der Waals surface area contributed by atoms with Crippen molar-refractivity contribution in [2.75, 3.05) is 13.2 Å². The van der Waals surface area contributed by atoms with E-state index in [2.05, 4.69) is 0 Å². The summed E-state index contributed by atoms with van der Waals surface area (Å²) < 4.78 is 32.9. The van der Waals surface area contributed by atoms with Gasteiger partial charge in [0.25, 0.3) is 0 Å². The van der Waals surface area contributed by atoms with E-state index in [0.717, 1.165) is 18.4 Å². The Hall–Kier alpha value is -0.910. The molecule has 3 rings (SSSR count). The molecule has 1 aliphatic carbocycles. The maximum Gasteiger partial charge on any atom is 0.243 e. The van der Waals surface area contributed by atoms with Gasteiger partial charge in [-0.1, -0.05) is 17.7 Å². The average molecular weight is 295 g/mol. The second kappa shape index (κ2) is 5.13. The summed E-state index contributed by atoms with van der Waals surface area (Å²) in [7, 11) is -3.38. The fourth-order valence-corrected chi connectivity index (χ4v) is 5.18. The lowest BCUT2D eigenvalue weighted by Crippen LogP contribution is -2.39. The van der Waals surface area contributed by atoms with Crippen molar-refractivity contribution < 1.29 is 13.2 Å². The van der Waals surface area contributed by atoms with E-state index in [1.165, 1.54) is 0 Å². The molecular weight excluding hydrogens is 274 g/mol. The highest BCUT2D eigenvalue weighted by Gasteiger charge is 2.51. The minimum atomic E-state index is -3.38. The van der Waals surface area contributed by atoms with Crippen LogP contribution in [0.5, 0.6) is 0 Å². The maximum absolute atomic E-state index is 12.8. The lowest BCUT2D eigenvalue weighted by molar-refractivity contribution is 0.0425. The molecule has 0 N–H and O–H groups in total. The molecule has 0 spiro atoms. The lowest BCUT2D eigenvalue weighted by atomic mass is 10.1. The molecule has 20 heavy (non-hydrogen) atoms. The second-order valence-electron chi connectivity index (χ2n) is 5.71. The summed E-state index contributed by atoms with van der Waals surface area (Å²) >= 11 is 0. The van der Waals surface area contributed by atoms with Gasteiger partial charge in [0.1, 0.15) is 0 Å². The Bertz CT molecular complexity index is 582. The van der Waals surface area contributed by atoms with Crippen LogP contribution in [0.3, 0.4) is 0 Å². The van der Waals surface area contributed by atoms with Gasteiger partial charge in [0, 0.05) is 19.1 Å². The number of hydrogen-bond donors (Lipinski definition) is 0. The van der Waals surface area contributed by atoms with Gasteiger partial charge in [-0.25, -0.2) is 8.42 Å². The zero-order chi connectivity index (χ0) is 14.3. The van der Waals surface area contributed by atoms with Crippen molar-refractivity contribution in [1.82, 2.24) is 4.31 Å². The first-order chi connectivity index (χ1) is 9.54. The van der Waals surface area contributed by atoms with Crippen LogP contribution in [0.25, 0.3) is 0 Å². The van der Waals surface area contributed by atoms with Crippen molar-refractivity contribution in [1.29, 1.82) is 0 Å². The molecule has 1 saturated carbocycles. The van der Waals surface area contributed by atoms with E-state index >= 15 is 0 Å². The van der Waals surface area contributed by atoms with E-state index in [-0.39, 0.29) is 12.1 Å². The molecule has 1 heterocycles. The maximum atomic E-state index is 12.8. The van der Waals surface area contributed by atoms with E-state index in [0.29, 0.717) is 24.0 Å². The number of nitrogens with zero attached hydrogens (tertiary/aromatic N) is 1. The smallest absolute Gasteiger partial charge is 0.243 e. The highest BCUT2D eigenvalue weighted by Crippen LogP contribution is 2.42. The Labute approximate surface area is 120 Å². The van der Waals surface area contributed by atoms with Crippen LogP contribution in [0, 0.1) is 12.8 Å². The predicted molar refractivity (Wildman–Crippen MR) is 77.0 cm³/mol. The number of hydrogen-bond acceptors (Lipinski definition) is 3. The molecule has 4 nitrogen and oxygen atoms in total. The van der Waals surface area contributed by atoms with Crippen LogP contribution in [-0.4, -0.2) is 38.0 Å². The minimum absolute atomic E-state index is 0.0197. The molecule has 1 saturated heterocycles.